The SMILES string of the molecule is CN[C@H](C(C)NCc1nc(CO)n[nH]1)S(C)(=O)=O. The van der Waals surface area contributed by atoms with E-state index >= 15 is 0 Å². The summed E-state index contributed by atoms with van der Waals surface area (Å²) in [5, 5.41) is 20.4. The van der Waals surface area contributed by atoms with Crippen LogP contribution in [0.1, 0.15) is 18.6 Å². The van der Waals surface area contributed by atoms with Crippen LogP contribution >= 0.6 is 0 Å². The van der Waals surface area contributed by atoms with Gasteiger partial charge in [-0.3, -0.25) is 5.10 Å². The molecule has 0 aliphatic heterocycles. The Hall–Kier alpha value is -1.03. The molecule has 0 spiro atoms. The summed E-state index contributed by atoms with van der Waals surface area (Å²) in [5.74, 6) is 0.863. The van der Waals surface area contributed by atoms with Crippen LogP contribution in [0.4, 0.5) is 0 Å². The number of aromatic nitrogens is 3. The minimum Gasteiger partial charge on any atom is -0.388 e. The summed E-state index contributed by atoms with van der Waals surface area (Å²) < 4.78 is 23.0. The van der Waals surface area contributed by atoms with E-state index < -0.39 is 15.2 Å². The molecule has 18 heavy (non-hydrogen) atoms. The minimum atomic E-state index is -3.18. The van der Waals surface area contributed by atoms with E-state index in [0.29, 0.717) is 18.2 Å². The van der Waals surface area contributed by atoms with Crippen molar-refractivity contribution in [2.45, 2.75) is 31.5 Å². The second kappa shape index (κ2) is 6.23. The van der Waals surface area contributed by atoms with Gasteiger partial charge in [0.2, 0.25) is 0 Å². The van der Waals surface area contributed by atoms with Crippen molar-refractivity contribution < 1.29 is 13.5 Å². The Kier molecular flexibility index (Phi) is 5.20. The number of H-pyrrole nitrogens is 1. The van der Waals surface area contributed by atoms with Gasteiger partial charge in [0, 0.05) is 12.3 Å². The molecule has 1 rings (SSSR count). The molecule has 4 N–H and O–H groups in total. The Morgan fingerprint density at radius 2 is 2.17 bits per heavy atom. The van der Waals surface area contributed by atoms with Crippen LogP contribution in [0, 0.1) is 0 Å². The predicted octanol–water partition coefficient (Wildman–Crippen LogP) is -1.63. The summed E-state index contributed by atoms with van der Waals surface area (Å²) >= 11 is 0. The highest BCUT2D eigenvalue weighted by Crippen LogP contribution is 2.02. The summed E-state index contributed by atoms with van der Waals surface area (Å²) in [7, 11) is -1.58. The molecule has 1 aromatic heterocycles. The van der Waals surface area contributed by atoms with Crippen LogP contribution in [0.15, 0.2) is 0 Å². The topological polar surface area (TPSA) is 120 Å². The van der Waals surface area contributed by atoms with Crippen LogP contribution in [-0.2, 0) is 23.0 Å². The summed E-state index contributed by atoms with van der Waals surface area (Å²) in [6, 6.07) is -0.285. The van der Waals surface area contributed by atoms with E-state index in [4.69, 9.17) is 5.11 Å². The van der Waals surface area contributed by atoms with E-state index in [2.05, 4.69) is 25.8 Å². The van der Waals surface area contributed by atoms with Gasteiger partial charge in [-0.2, -0.15) is 5.10 Å². The van der Waals surface area contributed by atoms with Gasteiger partial charge < -0.3 is 15.7 Å². The molecule has 0 fully saturated rings. The number of rotatable bonds is 7. The van der Waals surface area contributed by atoms with Gasteiger partial charge in [0.15, 0.2) is 15.7 Å². The highest BCUT2D eigenvalue weighted by atomic mass is 32.2. The van der Waals surface area contributed by atoms with Crippen molar-refractivity contribution in [3.8, 4) is 0 Å². The lowest BCUT2D eigenvalue weighted by Crippen LogP contribution is -2.49. The van der Waals surface area contributed by atoms with E-state index in [-0.39, 0.29) is 12.6 Å². The number of likely N-dealkylation sites (N-methyl/N-ethyl adjacent to an activating group) is 1. The molecule has 1 unspecified atom stereocenters. The molecule has 1 aromatic rings. The number of aliphatic hydroxyl groups excluding tert-OH is 1. The molecule has 1 heterocycles. The highest BCUT2D eigenvalue weighted by molar-refractivity contribution is 7.91. The first kappa shape index (κ1) is 15.0. The molecule has 8 nitrogen and oxygen atoms in total. The fourth-order valence-corrected chi connectivity index (χ4v) is 2.95. The van der Waals surface area contributed by atoms with Crippen molar-refractivity contribution in [3.63, 3.8) is 0 Å². The monoisotopic (exact) mass is 277 g/mol. The molecule has 0 aromatic carbocycles. The quantitative estimate of drug-likeness (QED) is 0.472. The minimum absolute atomic E-state index is 0.228. The number of nitrogens with one attached hydrogen (secondary N) is 3. The number of nitrogens with zero attached hydrogens (tertiary/aromatic N) is 2. The Labute approximate surface area is 106 Å². The van der Waals surface area contributed by atoms with Crippen molar-refractivity contribution in [1.82, 2.24) is 25.8 Å². The van der Waals surface area contributed by atoms with Crippen molar-refractivity contribution in [2.75, 3.05) is 13.3 Å². The lowest BCUT2D eigenvalue weighted by atomic mass is 10.3. The molecule has 0 saturated heterocycles. The number of aromatic amines is 1. The molecule has 9 heteroatoms. The largest absolute Gasteiger partial charge is 0.388 e. The van der Waals surface area contributed by atoms with Crippen molar-refractivity contribution in [3.05, 3.63) is 11.6 Å². The lowest BCUT2D eigenvalue weighted by Gasteiger charge is -2.22. The average Bonchev–Trinajstić information content (AvgIpc) is 2.73. The second-order valence-corrected chi connectivity index (χ2v) is 6.23. The van der Waals surface area contributed by atoms with Gasteiger partial charge in [0.25, 0.3) is 0 Å². The van der Waals surface area contributed by atoms with Crippen LogP contribution < -0.4 is 10.6 Å². The summed E-state index contributed by atoms with van der Waals surface area (Å²) in [6.07, 6.45) is 1.19. The third-order valence-corrected chi connectivity index (χ3v) is 4.08. The van der Waals surface area contributed by atoms with E-state index in [1.54, 1.807) is 14.0 Å². The molecule has 0 radical (unpaired) electrons. The fraction of sp³-hybridized carbons (Fsp3) is 0.778. The molecular weight excluding hydrogens is 258 g/mol. The smallest absolute Gasteiger partial charge is 0.176 e. The van der Waals surface area contributed by atoms with Crippen LogP contribution in [-0.4, -0.2) is 53.4 Å². The van der Waals surface area contributed by atoms with Gasteiger partial charge in [0.05, 0.1) is 6.54 Å². The molecule has 104 valence electrons. The molecule has 0 saturated carbocycles. The summed E-state index contributed by atoms with van der Waals surface area (Å²) in [6.45, 7) is 1.89. The maximum absolute atomic E-state index is 11.5. The predicted molar refractivity (Wildman–Crippen MR) is 66.3 cm³/mol. The van der Waals surface area contributed by atoms with E-state index in [0.717, 1.165) is 0 Å². The second-order valence-electron chi connectivity index (χ2n) is 4.06. The molecule has 2 atom stereocenters. The van der Waals surface area contributed by atoms with Gasteiger partial charge in [0.1, 0.15) is 17.8 Å². The van der Waals surface area contributed by atoms with Crippen molar-refractivity contribution in [2.24, 2.45) is 0 Å². The zero-order valence-electron chi connectivity index (χ0n) is 10.6. The van der Waals surface area contributed by atoms with Crippen LogP contribution in [0.5, 0.6) is 0 Å². The van der Waals surface area contributed by atoms with Crippen LogP contribution in [0.25, 0.3) is 0 Å². The Bertz CT molecular complexity index is 472. The van der Waals surface area contributed by atoms with Crippen molar-refractivity contribution >= 4 is 9.84 Å². The Balaban J connectivity index is 2.57. The molecule has 0 bridgehead atoms. The van der Waals surface area contributed by atoms with Gasteiger partial charge in [-0.05, 0) is 14.0 Å². The first-order valence-corrected chi connectivity index (χ1v) is 7.44. The first-order valence-electron chi connectivity index (χ1n) is 5.49. The third kappa shape index (κ3) is 4.02. The van der Waals surface area contributed by atoms with Crippen LogP contribution in [0.3, 0.4) is 0 Å². The fourth-order valence-electron chi connectivity index (χ4n) is 1.68. The van der Waals surface area contributed by atoms with E-state index in [1.165, 1.54) is 6.26 Å². The molecule has 0 amide bonds. The highest BCUT2D eigenvalue weighted by Gasteiger charge is 2.25. The average molecular weight is 277 g/mol. The van der Waals surface area contributed by atoms with Gasteiger partial charge in [-0.15, -0.1) is 0 Å². The lowest BCUT2D eigenvalue weighted by molar-refractivity contribution is 0.271. The maximum Gasteiger partial charge on any atom is 0.176 e. The van der Waals surface area contributed by atoms with E-state index in [9.17, 15) is 8.42 Å². The standard InChI is InChI=1S/C9H19N5O3S/c1-6(9(10-2)18(3,16)17)11-4-7-12-8(5-15)14-13-7/h6,9-11,15H,4-5H2,1-3H3,(H,12,13,14)/t6?,9-/m0/s1. The third-order valence-electron chi connectivity index (χ3n) is 2.51. The zero-order chi connectivity index (χ0) is 13.8. The first-order chi connectivity index (χ1) is 8.38. The number of hydrogen-bond donors (Lipinski definition) is 4. The number of hydrogen-bond acceptors (Lipinski definition) is 7. The van der Waals surface area contributed by atoms with Gasteiger partial charge in [-0.1, -0.05) is 0 Å². The summed E-state index contributed by atoms with van der Waals surface area (Å²) in [5.41, 5.74) is 0. The zero-order valence-corrected chi connectivity index (χ0v) is 11.5. The molecular formula is C9H19N5O3S. The Morgan fingerprint density at radius 3 is 2.61 bits per heavy atom. The molecule has 0 aliphatic rings. The maximum atomic E-state index is 11.5. The van der Waals surface area contributed by atoms with Gasteiger partial charge >= 0.3 is 0 Å². The Morgan fingerprint density at radius 1 is 1.50 bits per heavy atom. The van der Waals surface area contributed by atoms with Gasteiger partial charge in [-0.25, -0.2) is 13.4 Å². The van der Waals surface area contributed by atoms with Crippen LogP contribution in [0.2, 0.25) is 0 Å². The summed E-state index contributed by atoms with van der Waals surface area (Å²) in [4.78, 5) is 4.00. The van der Waals surface area contributed by atoms with Crippen molar-refractivity contribution in [1.29, 1.82) is 0 Å². The molecule has 0 aliphatic carbocycles. The number of sulfone groups is 1. The normalized spacial score (nSPS) is 15.6. The van der Waals surface area contributed by atoms with E-state index in [1.807, 2.05) is 0 Å². The number of aliphatic hydroxyl groups is 1.